The molecule has 0 aliphatic heterocycles. The van der Waals surface area contributed by atoms with E-state index in [1.807, 2.05) is 84.9 Å². The van der Waals surface area contributed by atoms with Crippen LogP contribution in [0, 0.1) is 0 Å². The van der Waals surface area contributed by atoms with Gasteiger partial charge in [0.2, 0.25) is 0 Å². The van der Waals surface area contributed by atoms with Crippen LogP contribution in [0.1, 0.15) is 4.79 Å². The standard InChI is InChI=1S/C29H21ClN6O2S/c30-20-12-7-13-21(14-20)35-27(19-10-5-2-6-11-19)25(18-8-3-1-4-9-18)26-28(35)32-17-33-29(26)39-16-24(38)36-23(37)15-22(31)34-36/h1-15,17,34H,16,31H2. The summed E-state index contributed by atoms with van der Waals surface area (Å²) < 4.78 is 2.98. The fraction of sp³-hybridized carbons (Fsp3) is 0.0345. The zero-order chi connectivity index (χ0) is 26.9. The number of nitrogen functional groups attached to an aromatic ring is 1. The van der Waals surface area contributed by atoms with Gasteiger partial charge in [0, 0.05) is 22.3 Å². The van der Waals surface area contributed by atoms with Crippen molar-refractivity contribution in [2.24, 2.45) is 0 Å². The van der Waals surface area contributed by atoms with Crippen LogP contribution in [0.15, 0.2) is 107 Å². The average molecular weight is 553 g/mol. The molecule has 0 spiro atoms. The summed E-state index contributed by atoms with van der Waals surface area (Å²) in [7, 11) is 0. The molecule has 192 valence electrons. The number of thioether (sulfide) groups is 1. The Morgan fingerprint density at radius 1 is 0.923 bits per heavy atom. The monoisotopic (exact) mass is 552 g/mol. The Bertz CT molecular complexity index is 1880. The van der Waals surface area contributed by atoms with Gasteiger partial charge in [-0.1, -0.05) is 90.1 Å². The quantitative estimate of drug-likeness (QED) is 0.196. The Balaban J connectivity index is 1.61. The molecule has 0 atom stereocenters. The van der Waals surface area contributed by atoms with E-state index in [4.69, 9.17) is 22.3 Å². The normalized spacial score (nSPS) is 11.2. The number of aromatic nitrogens is 5. The predicted molar refractivity (Wildman–Crippen MR) is 156 cm³/mol. The number of benzene rings is 3. The minimum atomic E-state index is -0.505. The van der Waals surface area contributed by atoms with Crippen molar-refractivity contribution in [3.8, 4) is 28.1 Å². The number of carbonyl (C=O) groups excluding carboxylic acids is 1. The van der Waals surface area contributed by atoms with Gasteiger partial charge in [-0.15, -0.1) is 0 Å². The number of carbonyl (C=O) groups is 1. The zero-order valence-corrected chi connectivity index (χ0v) is 22.0. The Kier molecular flexibility index (Phi) is 6.52. The molecule has 39 heavy (non-hydrogen) atoms. The van der Waals surface area contributed by atoms with Crippen molar-refractivity contribution in [2.45, 2.75) is 5.03 Å². The second kappa shape index (κ2) is 10.3. The smallest absolute Gasteiger partial charge is 0.275 e. The van der Waals surface area contributed by atoms with E-state index in [0.717, 1.165) is 38.1 Å². The Labute approximate surface area is 232 Å². The lowest BCUT2D eigenvalue weighted by atomic mass is 9.99. The maximum atomic E-state index is 12.9. The number of H-pyrrole nitrogens is 1. The van der Waals surface area contributed by atoms with E-state index in [-0.39, 0.29) is 11.6 Å². The summed E-state index contributed by atoms with van der Waals surface area (Å²) in [6.45, 7) is 0. The first-order valence-corrected chi connectivity index (χ1v) is 13.4. The Morgan fingerprint density at radius 2 is 1.64 bits per heavy atom. The van der Waals surface area contributed by atoms with Crippen molar-refractivity contribution in [1.82, 2.24) is 24.3 Å². The van der Waals surface area contributed by atoms with E-state index in [1.165, 1.54) is 24.2 Å². The van der Waals surface area contributed by atoms with Gasteiger partial charge in [-0.3, -0.25) is 19.3 Å². The third-order valence-corrected chi connectivity index (χ3v) is 7.42. The summed E-state index contributed by atoms with van der Waals surface area (Å²) in [5.41, 5.74) is 10.5. The summed E-state index contributed by atoms with van der Waals surface area (Å²) in [6.07, 6.45) is 1.48. The van der Waals surface area contributed by atoms with Crippen LogP contribution in [0.5, 0.6) is 0 Å². The van der Waals surface area contributed by atoms with Gasteiger partial charge in [0.05, 0.1) is 16.8 Å². The first-order valence-electron chi connectivity index (χ1n) is 12.0. The number of aromatic amines is 1. The van der Waals surface area contributed by atoms with Crippen LogP contribution in [-0.2, 0) is 0 Å². The van der Waals surface area contributed by atoms with Gasteiger partial charge in [-0.05, 0) is 29.3 Å². The number of nitrogens with zero attached hydrogens (tertiary/aromatic N) is 4. The first-order chi connectivity index (χ1) is 19.0. The second-order valence-electron chi connectivity index (χ2n) is 8.72. The van der Waals surface area contributed by atoms with Crippen LogP contribution in [0.2, 0.25) is 5.02 Å². The van der Waals surface area contributed by atoms with Gasteiger partial charge in [0.15, 0.2) is 0 Å². The average Bonchev–Trinajstić information content (AvgIpc) is 3.49. The molecule has 0 unspecified atom stereocenters. The van der Waals surface area contributed by atoms with E-state index < -0.39 is 11.5 Å². The van der Waals surface area contributed by atoms with E-state index >= 15 is 0 Å². The highest BCUT2D eigenvalue weighted by molar-refractivity contribution is 8.00. The molecule has 0 amide bonds. The molecule has 0 aliphatic rings. The third-order valence-electron chi connectivity index (χ3n) is 6.21. The van der Waals surface area contributed by atoms with E-state index in [2.05, 4.69) is 14.6 Å². The van der Waals surface area contributed by atoms with Gasteiger partial charge < -0.3 is 5.73 Å². The molecule has 6 rings (SSSR count). The molecule has 3 heterocycles. The second-order valence-corrected chi connectivity index (χ2v) is 10.1. The van der Waals surface area contributed by atoms with E-state index in [9.17, 15) is 9.59 Å². The molecule has 0 fully saturated rings. The fourth-order valence-electron chi connectivity index (χ4n) is 4.61. The molecule has 10 heteroatoms. The van der Waals surface area contributed by atoms with Crippen molar-refractivity contribution < 1.29 is 4.79 Å². The lowest BCUT2D eigenvalue weighted by molar-refractivity contribution is 0.0923. The Hall–Kier alpha value is -4.60. The van der Waals surface area contributed by atoms with Gasteiger partial charge in [0.1, 0.15) is 22.8 Å². The van der Waals surface area contributed by atoms with Crippen LogP contribution in [0.25, 0.3) is 39.1 Å². The van der Waals surface area contributed by atoms with Crippen molar-refractivity contribution in [3.63, 3.8) is 0 Å². The lowest BCUT2D eigenvalue weighted by Gasteiger charge is -2.13. The van der Waals surface area contributed by atoms with Crippen molar-refractivity contribution in [3.05, 3.63) is 113 Å². The summed E-state index contributed by atoms with van der Waals surface area (Å²) in [6, 6.07) is 28.8. The molecule has 0 saturated carbocycles. The SMILES string of the molecule is Nc1cc(=O)n(C(=O)CSc2ncnc3c2c(-c2ccccc2)c(-c2ccccc2)n3-c2cccc(Cl)c2)[nH]1. The topological polar surface area (TPSA) is 112 Å². The highest BCUT2D eigenvalue weighted by Crippen LogP contribution is 2.44. The number of halogens is 1. The van der Waals surface area contributed by atoms with Crippen molar-refractivity contribution in [2.75, 3.05) is 11.5 Å². The Morgan fingerprint density at radius 3 is 2.31 bits per heavy atom. The van der Waals surface area contributed by atoms with Crippen LogP contribution in [-0.4, -0.2) is 36.0 Å². The molecule has 3 aromatic carbocycles. The zero-order valence-electron chi connectivity index (χ0n) is 20.4. The molecule has 3 N–H and O–H groups in total. The fourth-order valence-corrected chi connectivity index (χ4v) is 5.64. The largest absolute Gasteiger partial charge is 0.384 e. The van der Waals surface area contributed by atoms with E-state index in [1.54, 1.807) is 0 Å². The van der Waals surface area contributed by atoms with Gasteiger partial charge in [0.25, 0.3) is 11.5 Å². The molecule has 0 saturated heterocycles. The number of fused-ring (bicyclic) bond motifs is 1. The van der Waals surface area contributed by atoms with Crippen LogP contribution in [0.4, 0.5) is 5.82 Å². The lowest BCUT2D eigenvalue weighted by Crippen LogP contribution is -2.25. The first kappa shape index (κ1) is 24.7. The summed E-state index contributed by atoms with van der Waals surface area (Å²) in [5, 5.41) is 4.58. The molecule has 0 aliphatic carbocycles. The number of anilines is 1. The molecule has 6 aromatic rings. The molecule has 8 nitrogen and oxygen atoms in total. The number of hydrogen-bond acceptors (Lipinski definition) is 6. The summed E-state index contributed by atoms with van der Waals surface area (Å²) in [4.78, 5) is 34.3. The maximum absolute atomic E-state index is 12.9. The van der Waals surface area contributed by atoms with Crippen molar-refractivity contribution >= 4 is 46.1 Å². The number of rotatable bonds is 6. The molecule has 0 radical (unpaired) electrons. The van der Waals surface area contributed by atoms with Gasteiger partial charge in [-0.2, -0.15) is 4.68 Å². The minimum Gasteiger partial charge on any atom is -0.384 e. The van der Waals surface area contributed by atoms with Crippen LogP contribution < -0.4 is 11.3 Å². The van der Waals surface area contributed by atoms with Crippen LogP contribution in [0.3, 0.4) is 0 Å². The molecular formula is C29H21ClN6O2S. The number of hydrogen-bond donors (Lipinski definition) is 2. The van der Waals surface area contributed by atoms with Crippen molar-refractivity contribution in [1.29, 1.82) is 0 Å². The molecular weight excluding hydrogens is 532 g/mol. The maximum Gasteiger partial charge on any atom is 0.275 e. The summed E-state index contributed by atoms with van der Waals surface area (Å²) >= 11 is 7.66. The highest BCUT2D eigenvalue weighted by Gasteiger charge is 2.25. The number of nitrogens with one attached hydrogen (secondary N) is 1. The highest BCUT2D eigenvalue weighted by atomic mass is 35.5. The number of nitrogens with two attached hydrogens (primary N) is 1. The summed E-state index contributed by atoms with van der Waals surface area (Å²) in [5.74, 6) is -0.351. The van der Waals surface area contributed by atoms with E-state index in [0.29, 0.717) is 15.7 Å². The third kappa shape index (κ3) is 4.62. The van der Waals surface area contributed by atoms with Gasteiger partial charge in [-0.25, -0.2) is 9.97 Å². The molecule has 0 bridgehead atoms. The predicted octanol–water partition coefficient (Wildman–Crippen LogP) is 5.91. The van der Waals surface area contributed by atoms with Crippen LogP contribution >= 0.6 is 23.4 Å². The molecule has 3 aromatic heterocycles. The van der Waals surface area contributed by atoms with Gasteiger partial charge >= 0.3 is 0 Å². The minimum absolute atomic E-state index is 0.0385.